The number of carbonyl (C=O) groups excluding carboxylic acids is 1. The van der Waals surface area contributed by atoms with Crippen LogP contribution in [0.3, 0.4) is 0 Å². The Morgan fingerprint density at radius 1 is 1.50 bits per heavy atom. The molecule has 0 saturated carbocycles. The zero-order chi connectivity index (χ0) is 6.97. The van der Waals surface area contributed by atoms with E-state index in [1.165, 1.54) is 0 Å². The van der Waals surface area contributed by atoms with Crippen LogP contribution in [0, 0.1) is 0 Å². The van der Waals surface area contributed by atoms with Gasteiger partial charge in [-0.15, -0.1) is 0 Å². The van der Waals surface area contributed by atoms with Crippen LogP contribution in [0.4, 0.5) is 0 Å². The van der Waals surface area contributed by atoms with E-state index < -0.39 is 0 Å². The number of carbonyl (C=O) groups is 1. The van der Waals surface area contributed by atoms with Gasteiger partial charge in [-0.05, 0) is 19.4 Å². The van der Waals surface area contributed by atoms with Gasteiger partial charge in [0.2, 0.25) is 5.91 Å². The van der Waals surface area contributed by atoms with Gasteiger partial charge in [-0.25, -0.2) is 0 Å². The Hall–Kier alpha value is -0.570. The maximum atomic E-state index is 11.3. The average molecular weight is 140 g/mol. The molecule has 0 aromatic heterocycles. The lowest BCUT2D eigenvalue weighted by Gasteiger charge is -2.08. The summed E-state index contributed by atoms with van der Waals surface area (Å²) < 4.78 is 0. The highest BCUT2D eigenvalue weighted by Gasteiger charge is 2.32. The minimum atomic E-state index is 0.155. The molecule has 1 amide bonds. The molecule has 1 unspecified atom stereocenters. The molecule has 2 saturated heterocycles. The summed E-state index contributed by atoms with van der Waals surface area (Å²) in [5, 5.41) is 3.19. The van der Waals surface area contributed by atoms with Gasteiger partial charge in [0.05, 0.1) is 6.04 Å². The second kappa shape index (κ2) is 2.23. The molecule has 3 heteroatoms. The third-order valence-corrected chi connectivity index (χ3v) is 2.12. The molecular formula is C7H12N2O. The molecule has 0 aromatic carbocycles. The molecule has 2 aliphatic heterocycles. The fraction of sp³-hybridized carbons (Fsp3) is 0.857. The fourth-order valence-corrected chi connectivity index (χ4v) is 1.39. The van der Waals surface area contributed by atoms with Gasteiger partial charge in [0, 0.05) is 13.1 Å². The summed E-state index contributed by atoms with van der Waals surface area (Å²) >= 11 is 0. The molecular weight excluding hydrogens is 128 g/mol. The first-order valence-corrected chi connectivity index (χ1v) is 3.90. The number of amides is 1. The van der Waals surface area contributed by atoms with E-state index in [0.717, 1.165) is 32.5 Å². The normalized spacial score (nSPS) is 30.8. The monoisotopic (exact) mass is 140 g/mol. The fourth-order valence-electron chi connectivity index (χ4n) is 1.39. The summed E-state index contributed by atoms with van der Waals surface area (Å²) in [6.45, 7) is 2.98. The van der Waals surface area contributed by atoms with Gasteiger partial charge in [0.1, 0.15) is 0 Å². The maximum Gasteiger partial charge on any atom is 0.239 e. The van der Waals surface area contributed by atoms with Gasteiger partial charge >= 0.3 is 0 Å². The van der Waals surface area contributed by atoms with Crippen LogP contribution in [0.2, 0.25) is 0 Å². The number of rotatable bonds is 1. The van der Waals surface area contributed by atoms with Crippen molar-refractivity contribution in [2.45, 2.75) is 18.9 Å². The number of nitrogens with zero attached hydrogens (tertiary/aromatic N) is 1. The summed E-state index contributed by atoms with van der Waals surface area (Å²) in [4.78, 5) is 13.2. The van der Waals surface area contributed by atoms with Crippen molar-refractivity contribution in [2.24, 2.45) is 0 Å². The number of hydrogen-bond acceptors (Lipinski definition) is 2. The first kappa shape index (κ1) is 6.16. The Morgan fingerprint density at radius 2 is 2.30 bits per heavy atom. The van der Waals surface area contributed by atoms with E-state index in [9.17, 15) is 4.79 Å². The van der Waals surface area contributed by atoms with Crippen molar-refractivity contribution < 1.29 is 4.79 Å². The van der Waals surface area contributed by atoms with Crippen LogP contribution < -0.4 is 5.32 Å². The molecule has 10 heavy (non-hydrogen) atoms. The molecule has 3 nitrogen and oxygen atoms in total. The van der Waals surface area contributed by atoms with Crippen molar-refractivity contribution in [1.82, 2.24) is 10.2 Å². The van der Waals surface area contributed by atoms with E-state index in [1.807, 2.05) is 4.90 Å². The summed E-state index contributed by atoms with van der Waals surface area (Å²) in [5.41, 5.74) is 0. The third-order valence-electron chi connectivity index (χ3n) is 2.12. The van der Waals surface area contributed by atoms with Crippen LogP contribution >= 0.6 is 0 Å². The van der Waals surface area contributed by atoms with E-state index >= 15 is 0 Å². The Balaban J connectivity index is 1.90. The highest BCUT2D eigenvalue weighted by Crippen LogP contribution is 2.13. The lowest BCUT2D eigenvalue weighted by molar-refractivity contribution is -0.127. The van der Waals surface area contributed by atoms with Crippen LogP contribution in [0.15, 0.2) is 0 Å². The quantitative estimate of drug-likeness (QED) is 0.502. The highest BCUT2D eigenvalue weighted by molar-refractivity contribution is 5.83. The molecule has 0 spiro atoms. The van der Waals surface area contributed by atoms with E-state index in [-0.39, 0.29) is 6.04 Å². The molecule has 0 bridgehead atoms. The van der Waals surface area contributed by atoms with Gasteiger partial charge in [0.25, 0.3) is 0 Å². The van der Waals surface area contributed by atoms with Gasteiger partial charge in [-0.2, -0.15) is 0 Å². The first-order chi connectivity index (χ1) is 4.88. The van der Waals surface area contributed by atoms with Crippen molar-refractivity contribution in [3.63, 3.8) is 0 Å². The predicted octanol–water partition coefficient (Wildman–Crippen LogP) is -0.419. The minimum Gasteiger partial charge on any atom is -0.338 e. The standard InChI is InChI=1S/C7H12N2O/c10-7(9-4-5-9)6-2-1-3-8-6/h6,8H,1-5H2. The average Bonchev–Trinajstić information content (AvgIpc) is 2.65. The molecule has 2 rings (SSSR count). The van der Waals surface area contributed by atoms with E-state index in [1.54, 1.807) is 0 Å². The zero-order valence-corrected chi connectivity index (χ0v) is 5.97. The number of hydrogen-bond donors (Lipinski definition) is 1. The second-order valence-electron chi connectivity index (χ2n) is 2.97. The molecule has 0 aliphatic carbocycles. The van der Waals surface area contributed by atoms with Crippen LogP contribution in [-0.2, 0) is 4.79 Å². The van der Waals surface area contributed by atoms with Crippen LogP contribution in [0.5, 0.6) is 0 Å². The molecule has 2 aliphatic rings. The SMILES string of the molecule is O=C(C1CCCN1)N1CC1. The number of nitrogens with one attached hydrogen (secondary N) is 1. The second-order valence-corrected chi connectivity index (χ2v) is 2.97. The van der Waals surface area contributed by atoms with E-state index in [0.29, 0.717) is 5.91 Å². The first-order valence-electron chi connectivity index (χ1n) is 3.90. The zero-order valence-electron chi connectivity index (χ0n) is 5.97. The Kier molecular flexibility index (Phi) is 1.38. The molecule has 56 valence electrons. The Morgan fingerprint density at radius 3 is 2.80 bits per heavy atom. The maximum absolute atomic E-state index is 11.3. The Bertz CT molecular complexity index is 148. The molecule has 2 heterocycles. The lowest BCUT2D eigenvalue weighted by Crippen LogP contribution is -2.35. The molecule has 1 atom stereocenters. The van der Waals surface area contributed by atoms with E-state index in [4.69, 9.17) is 0 Å². The summed E-state index contributed by atoms with van der Waals surface area (Å²) in [7, 11) is 0. The summed E-state index contributed by atoms with van der Waals surface area (Å²) in [5.74, 6) is 0.317. The largest absolute Gasteiger partial charge is 0.338 e. The smallest absolute Gasteiger partial charge is 0.239 e. The van der Waals surface area contributed by atoms with Crippen LogP contribution in [-0.4, -0.2) is 36.5 Å². The van der Waals surface area contributed by atoms with Gasteiger partial charge in [-0.1, -0.05) is 0 Å². The van der Waals surface area contributed by atoms with Crippen molar-refractivity contribution in [1.29, 1.82) is 0 Å². The highest BCUT2D eigenvalue weighted by atomic mass is 16.2. The topological polar surface area (TPSA) is 32.1 Å². The summed E-state index contributed by atoms with van der Waals surface area (Å²) in [6.07, 6.45) is 2.19. The molecule has 1 N–H and O–H groups in total. The lowest BCUT2D eigenvalue weighted by atomic mass is 10.2. The summed E-state index contributed by atoms with van der Waals surface area (Å²) in [6, 6.07) is 0.155. The Labute approximate surface area is 60.4 Å². The van der Waals surface area contributed by atoms with Crippen molar-refractivity contribution >= 4 is 5.91 Å². The van der Waals surface area contributed by atoms with E-state index in [2.05, 4.69) is 5.32 Å². The molecule has 0 aromatic rings. The van der Waals surface area contributed by atoms with Crippen LogP contribution in [0.25, 0.3) is 0 Å². The van der Waals surface area contributed by atoms with Gasteiger partial charge in [-0.3, -0.25) is 4.79 Å². The van der Waals surface area contributed by atoms with Crippen LogP contribution in [0.1, 0.15) is 12.8 Å². The van der Waals surface area contributed by atoms with Crippen molar-refractivity contribution in [2.75, 3.05) is 19.6 Å². The van der Waals surface area contributed by atoms with Crippen molar-refractivity contribution in [3.8, 4) is 0 Å². The van der Waals surface area contributed by atoms with Gasteiger partial charge < -0.3 is 10.2 Å². The molecule has 0 radical (unpaired) electrons. The third kappa shape index (κ3) is 1.01. The predicted molar refractivity (Wildman–Crippen MR) is 37.6 cm³/mol. The minimum absolute atomic E-state index is 0.155. The molecule has 2 fully saturated rings. The van der Waals surface area contributed by atoms with Crippen molar-refractivity contribution in [3.05, 3.63) is 0 Å². The van der Waals surface area contributed by atoms with Gasteiger partial charge in [0.15, 0.2) is 0 Å².